The Balaban J connectivity index is 2.57. The van der Waals surface area contributed by atoms with Crippen molar-refractivity contribution in [2.24, 2.45) is 7.05 Å². The van der Waals surface area contributed by atoms with Gasteiger partial charge < -0.3 is 10.1 Å². The lowest BCUT2D eigenvalue weighted by Crippen LogP contribution is -2.10. The highest BCUT2D eigenvalue weighted by Crippen LogP contribution is 2.32. The van der Waals surface area contributed by atoms with Crippen molar-refractivity contribution in [2.45, 2.75) is 13.5 Å². The van der Waals surface area contributed by atoms with Crippen LogP contribution in [0.3, 0.4) is 0 Å². The molecule has 0 aliphatic carbocycles. The van der Waals surface area contributed by atoms with E-state index < -0.39 is 0 Å². The van der Waals surface area contributed by atoms with Crippen LogP contribution >= 0.6 is 0 Å². The number of hydrogen-bond donors (Lipinski definition) is 1. The maximum absolute atomic E-state index is 5.44. The fraction of sp³-hybridized carbons (Fsp3) is 0.357. The molecule has 0 unspecified atom stereocenters. The number of nitrogens with one attached hydrogen (secondary N) is 1. The molecule has 0 spiro atoms. The molecule has 1 aromatic heterocycles. The zero-order valence-electron chi connectivity index (χ0n) is 11.3. The topological polar surface area (TPSA) is 39.1 Å². The average molecular weight is 245 g/mol. The molecule has 18 heavy (non-hydrogen) atoms. The van der Waals surface area contributed by atoms with E-state index in [2.05, 4.69) is 29.5 Å². The molecule has 0 saturated heterocycles. The van der Waals surface area contributed by atoms with Gasteiger partial charge >= 0.3 is 0 Å². The standard InChI is InChI=1S/C14H19N3O/c1-10-5-6-14(18-4)11(7-10)12-8-16-17(3)13(12)9-15-2/h5-8,15H,9H2,1-4H3. The SMILES string of the molecule is CNCc1c(-c2cc(C)ccc2OC)cnn1C. The first-order chi connectivity index (χ1) is 8.67. The minimum absolute atomic E-state index is 0.781. The van der Waals surface area contributed by atoms with Crippen molar-refractivity contribution in [1.29, 1.82) is 0 Å². The number of benzene rings is 1. The highest BCUT2D eigenvalue weighted by Gasteiger charge is 2.14. The summed E-state index contributed by atoms with van der Waals surface area (Å²) in [5, 5.41) is 7.51. The summed E-state index contributed by atoms with van der Waals surface area (Å²) in [6, 6.07) is 6.19. The van der Waals surface area contributed by atoms with Crippen molar-refractivity contribution in [2.75, 3.05) is 14.2 Å². The molecule has 2 aromatic rings. The Bertz CT molecular complexity index is 546. The van der Waals surface area contributed by atoms with Gasteiger partial charge in [0.15, 0.2) is 0 Å². The van der Waals surface area contributed by atoms with Gasteiger partial charge in [0.05, 0.1) is 19.0 Å². The number of aryl methyl sites for hydroxylation is 2. The van der Waals surface area contributed by atoms with Crippen molar-refractivity contribution in [3.05, 3.63) is 35.7 Å². The van der Waals surface area contributed by atoms with Crippen LogP contribution in [0.2, 0.25) is 0 Å². The smallest absolute Gasteiger partial charge is 0.126 e. The van der Waals surface area contributed by atoms with Crippen LogP contribution in [0.25, 0.3) is 11.1 Å². The van der Waals surface area contributed by atoms with Crippen LogP contribution < -0.4 is 10.1 Å². The van der Waals surface area contributed by atoms with Gasteiger partial charge in [-0.1, -0.05) is 11.6 Å². The molecule has 0 radical (unpaired) electrons. The number of nitrogens with zero attached hydrogens (tertiary/aromatic N) is 2. The van der Waals surface area contributed by atoms with Gasteiger partial charge in [0.1, 0.15) is 5.75 Å². The monoisotopic (exact) mass is 245 g/mol. The Morgan fingerprint density at radius 3 is 2.78 bits per heavy atom. The van der Waals surface area contributed by atoms with E-state index in [0.717, 1.165) is 29.1 Å². The summed E-state index contributed by atoms with van der Waals surface area (Å²) in [4.78, 5) is 0. The van der Waals surface area contributed by atoms with Gasteiger partial charge in [0.25, 0.3) is 0 Å². The van der Waals surface area contributed by atoms with Crippen molar-refractivity contribution < 1.29 is 4.74 Å². The lowest BCUT2D eigenvalue weighted by Gasteiger charge is -2.11. The average Bonchev–Trinajstić information content (AvgIpc) is 2.72. The van der Waals surface area contributed by atoms with Gasteiger partial charge in [0, 0.05) is 24.7 Å². The van der Waals surface area contributed by atoms with E-state index in [1.54, 1.807) is 7.11 Å². The molecule has 96 valence electrons. The third-order valence-corrected chi connectivity index (χ3v) is 3.05. The maximum atomic E-state index is 5.44. The molecule has 2 rings (SSSR count). The van der Waals surface area contributed by atoms with E-state index in [0.29, 0.717) is 0 Å². The van der Waals surface area contributed by atoms with Crippen LogP contribution in [-0.4, -0.2) is 23.9 Å². The largest absolute Gasteiger partial charge is 0.496 e. The fourth-order valence-corrected chi connectivity index (χ4v) is 2.10. The molecule has 0 saturated carbocycles. The Morgan fingerprint density at radius 1 is 1.33 bits per heavy atom. The predicted molar refractivity (Wildman–Crippen MR) is 72.7 cm³/mol. The summed E-state index contributed by atoms with van der Waals surface area (Å²) < 4.78 is 7.34. The second-order valence-corrected chi connectivity index (χ2v) is 4.36. The number of methoxy groups -OCH3 is 1. The Kier molecular flexibility index (Phi) is 3.67. The van der Waals surface area contributed by atoms with Crippen LogP contribution in [0.4, 0.5) is 0 Å². The van der Waals surface area contributed by atoms with E-state index in [1.165, 1.54) is 5.56 Å². The van der Waals surface area contributed by atoms with E-state index in [9.17, 15) is 0 Å². The number of hydrogen-bond acceptors (Lipinski definition) is 3. The minimum Gasteiger partial charge on any atom is -0.496 e. The third-order valence-electron chi connectivity index (χ3n) is 3.05. The summed E-state index contributed by atoms with van der Waals surface area (Å²) in [5.41, 5.74) is 4.58. The molecule has 0 aliphatic heterocycles. The van der Waals surface area contributed by atoms with E-state index in [1.807, 2.05) is 31.0 Å². The molecule has 0 bridgehead atoms. The first-order valence-corrected chi connectivity index (χ1v) is 5.98. The highest BCUT2D eigenvalue weighted by atomic mass is 16.5. The second-order valence-electron chi connectivity index (χ2n) is 4.36. The van der Waals surface area contributed by atoms with Crippen LogP contribution in [0.1, 0.15) is 11.3 Å². The van der Waals surface area contributed by atoms with Gasteiger partial charge in [-0.3, -0.25) is 4.68 Å². The maximum Gasteiger partial charge on any atom is 0.126 e. The summed E-state index contributed by atoms with van der Waals surface area (Å²) in [6.45, 7) is 2.86. The van der Waals surface area contributed by atoms with Gasteiger partial charge in [-0.15, -0.1) is 0 Å². The normalized spacial score (nSPS) is 10.7. The Morgan fingerprint density at radius 2 is 2.11 bits per heavy atom. The molecule has 0 fully saturated rings. The van der Waals surface area contributed by atoms with Crippen molar-refractivity contribution >= 4 is 0 Å². The van der Waals surface area contributed by atoms with Gasteiger partial charge in [0.2, 0.25) is 0 Å². The zero-order chi connectivity index (χ0) is 13.1. The lowest BCUT2D eigenvalue weighted by atomic mass is 10.0. The number of rotatable bonds is 4. The minimum atomic E-state index is 0.781. The highest BCUT2D eigenvalue weighted by molar-refractivity contribution is 5.72. The van der Waals surface area contributed by atoms with Crippen LogP contribution in [0.15, 0.2) is 24.4 Å². The fourth-order valence-electron chi connectivity index (χ4n) is 2.10. The Hall–Kier alpha value is -1.81. The number of ether oxygens (including phenoxy) is 1. The molecule has 1 N–H and O–H groups in total. The number of aromatic nitrogens is 2. The van der Waals surface area contributed by atoms with Gasteiger partial charge in [-0.05, 0) is 26.1 Å². The van der Waals surface area contributed by atoms with Crippen LogP contribution in [0.5, 0.6) is 5.75 Å². The van der Waals surface area contributed by atoms with Crippen molar-refractivity contribution in [3.8, 4) is 16.9 Å². The van der Waals surface area contributed by atoms with Crippen LogP contribution in [-0.2, 0) is 13.6 Å². The van der Waals surface area contributed by atoms with Crippen molar-refractivity contribution in [1.82, 2.24) is 15.1 Å². The predicted octanol–water partition coefficient (Wildman–Crippen LogP) is 2.12. The molecule has 1 aromatic carbocycles. The van der Waals surface area contributed by atoms with E-state index in [4.69, 9.17) is 4.74 Å². The quantitative estimate of drug-likeness (QED) is 0.896. The third kappa shape index (κ3) is 2.24. The summed E-state index contributed by atoms with van der Waals surface area (Å²) in [5.74, 6) is 0.881. The van der Waals surface area contributed by atoms with Crippen LogP contribution in [0, 0.1) is 6.92 Å². The first-order valence-electron chi connectivity index (χ1n) is 5.98. The molecule has 0 amide bonds. The molecule has 0 aliphatic rings. The second kappa shape index (κ2) is 5.23. The van der Waals surface area contributed by atoms with E-state index in [-0.39, 0.29) is 0 Å². The van der Waals surface area contributed by atoms with E-state index >= 15 is 0 Å². The lowest BCUT2D eigenvalue weighted by molar-refractivity contribution is 0.416. The molecule has 1 heterocycles. The van der Waals surface area contributed by atoms with Gasteiger partial charge in [-0.25, -0.2) is 0 Å². The molecular weight excluding hydrogens is 226 g/mol. The summed E-state index contributed by atoms with van der Waals surface area (Å²) in [6.07, 6.45) is 1.89. The summed E-state index contributed by atoms with van der Waals surface area (Å²) >= 11 is 0. The molecule has 4 nitrogen and oxygen atoms in total. The molecular formula is C14H19N3O. The zero-order valence-corrected chi connectivity index (χ0v) is 11.3. The molecule has 0 atom stereocenters. The summed E-state index contributed by atoms with van der Waals surface area (Å²) in [7, 11) is 5.59. The Labute approximate surface area is 108 Å². The molecule has 4 heteroatoms. The van der Waals surface area contributed by atoms with Gasteiger partial charge in [-0.2, -0.15) is 5.10 Å². The van der Waals surface area contributed by atoms with Crippen molar-refractivity contribution in [3.63, 3.8) is 0 Å². The first kappa shape index (κ1) is 12.6.